The molecule has 0 saturated heterocycles. The highest BCUT2D eigenvalue weighted by Gasteiger charge is 2.38. The standard InChI is InChI=1S/C20H19F3N4OS/c1-12-9-10-13(2)15(11-12)24-17(28)16(14-7-5-4-6-8-14)29-19-26-25-18(27(19)3)20(21,22)23/h4-11,16H,1-3H3,(H,24,28)/t16-/m1/s1. The second-order valence-electron chi connectivity index (χ2n) is 6.58. The Morgan fingerprint density at radius 3 is 2.41 bits per heavy atom. The molecule has 0 aliphatic carbocycles. The van der Waals surface area contributed by atoms with Crippen molar-refractivity contribution in [1.29, 1.82) is 0 Å². The molecule has 0 fully saturated rings. The summed E-state index contributed by atoms with van der Waals surface area (Å²) in [5.74, 6) is -1.46. The number of amides is 1. The summed E-state index contributed by atoms with van der Waals surface area (Å²) in [6, 6.07) is 14.5. The number of aromatic nitrogens is 3. The highest BCUT2D eigenvalue weighted by atomic mass is 32.2. The number of halogens is 3. The Kier molecular flexibility index (Phi) is 5.97. The summed E-state index contributed by atoms with van der Waals surface area (Å²) in [5, 5.41) is 8.97. The van der Waals surface area contributed by atoms with E-state index in [1.165, 1.54) is 7.05 Å². The molecule has 1 aromatic heterocycles. The van der Waals surface area contributed by atoms with Crippen LogP contribution in [0, 0.1) is 13.8 Å². The van der Waals surface area contributed by atoms with Crippen LogP contribution in [-0.4, -0.2) is 20.7 Å². The number of rotatable bonds is 5. The zero-order valence-electron chi connectivity index (χ0n) is 16.0. The van der Waals surface area contributed by atoms with Gasteiger partial charge in [0.15, 0.2) is 5.16 Å². The number of thioether (sulfide) groups is 1. The van der Waals surface area contributed by atoms with E-state index in [1.54, 1.807) is 30.3 Å². The minimum Gasteiger partial charge on any atom is -0.325 e. The van der Waals surface area contributed by atoms with Gasteiger partial charge in [-0.15, -0.1) is 10.2 Å². The van der Waals surface area contributed by atoms with Crippen LogP contribution >= 0.6 is 11.8 Å². The Hall–Kier alpha value is -2.81. The molecule has 5 nitrogen and oxygen atoms in total. The van der Waals surface area contributed by atoms with Crippen LogP contribution < -0.4 is 5.32 Å². The highest BCUT2D eigenvalue weighted by molar-refractivity contribution is 8.00. The van der Waals surface area contributed by atoms with Crippen molar-refractivity contribution in [2.45, 2.75) is 30.4 Å². The van der Waals surface area contributed by atoms with Gasteiger partial charge >= 0.3 is 6.18 Å². The zero-order chi connectivity index (χ0) is 21.2. The number of aryl methyl sites for hydroxylation is 2. The molecule has 0 aliphatic rings. The summed E-state index contributed by atoms with van der Waals surface area (Å²) in [4.78, 5) is 13.1. The van der Waals surface area contributed by atoms with E-state index < -0.39 is 17.3 Å². The van der Waals surface area contributed by atoms with Crippen LogP contribution in [0.3, 0.4) is 0 Å². The smallest absolute Gasteiger partial charge is 0.325 e. The molecule has 152 valence electrons. The molecule has 3 rings (SSSR count). The summed E-state index contributed by atoms with van der Waals surface area (Å²) in [6.45, 7) is 3.79. The van der Waals surface area contributed by atoms with Crippen molar-refractivity contribution in [3.63, 3.8) is 0 Å². The first-order valence-electron chi connectivity index (χ1n) is 8.73. The lowest BCUT2D eigenvalue weighted by Gasteiger charge is -2.18. The lowest BCUT2D eigenvalue weighted by molar-refractivity contribution is -0.147. The monoisotopic (exact) mass is 420 g/mol. The number of carbonyl (C=O) groups is 1. The van der Waals surface area contributed by atoms with Crippen LogP contribution in [0.25, 0.3) is 0 Å². The normalized spacial score (nSPS) is 12.6. The van der Waals surface area contributed by atoms with Gasteiger partial charge in [-0.05, 0) is 36.6 Å². The first-order chi connectivity index (χ1) is 13.7. The molecule has 0 aliphatic heterocycles. The lowest BCUT2D eigenvalue weighted by Crippen LogP contribution is -2.20. The van der Waals surface area contributed by atoms with E-state index in [4.69, 9.17) is 0 Å². The molecule has 1 heterocycles. The van der Waals surface area contributed by atoms with E-state index >= 15 is 0 Å². The van der Waals surface area contributed by atoms with Crippen LogP contribution in [-0.2, 0) is 18.0 Å². The van der Waals surface area contributed by atoms with Gasteiger partial charge in [-0.1, -0.05) is 54.2 Å². The van der Waals surface area contributed by atoms with Gasteiger partial charge in [0.25, 0.3) is 0 Å². The van der Waals surface area contributed by atoms with Crippen molar-refractivity contribution in [2.24, 2.45) is 7.05 Å². The van der Waals surface area contributed by atoms with Crippen LogP contribution in [0.15, 0.2) is 53.7 Å². The Morgan fingerprint density at radius 1 is 1.10 bits per heavy atom. The van der Waals surface area contributed by atoms with E-state index in [0.29, 0.717) is 11.3 Å². The predicted molar refractivity (Wildman–Crippen MR) is 106 cm³/mol. The van der Waals surface area contributed by atoms with Gasteiger partial charge in [-0.25, -0.2) is 0 Å². The fraction of sp³-hybridized carbons (Fsp3) is 0.250. The van der Waals surface area contributed by atoms with E-state index in [-0.39, 0.29) is 11.1 Å². The van der Waals surface area contributed by atoms with Crippen molar-refractivity contribution in [2.75, 3.05) is 5.32 Å². The van der Waals surface area contributed by atoms with Crippen LogP contribution in [0.5, 0.6) is 0 Å². The number of benzene rings is 2. The number of nitrogens with zero attached hydrogens (tertiary/aromatic N) is 3. The van der Waals surface area contributed by atoms with Gasteiger partial charge < -0.3 is 9.88 Å². The molecule has 1 atom stereocenters. The molecule has 0 unspecified atom stereocenters. The number of hydrogen-bond donors (Lipinski definition) is 1. The maximum Gasteiger partial charge on any atom is 0.451 e. The molecule has 9 heteroatoms. The number of nitrogens with one attached hydrogen (secondary N) is 1. The molecule has 1 N–H and O–H groups in total. The first kappa shape index (κ1) is 20.9. The van der Waals surface area contributed by atoms with E-state index in [2.05, 4.69) is 15.5 Å². The molecule has 0 bridgehead atoms. The molecular formula is C20H19F3N4OS. The SMILES string of the molecule is Cc1ccc(C)c(NC(=O)[C@H](Sc2nnc(C(F)(F)F)n2C)c2ccccc2)c1. The van der Waals surface area contributed by atoms with E-state index in [9.17, 15) is 18.0 Å². The highest BCUT2D eigenvalue weighted by Crippen LogP contribution is 2.37. The van der Waals surface area contributed by atoms with Gasteiger partial charge in [-0.2, -0.15) is 13.2 Å². The minimum atomic E-state index is -4.62. The maximum absolute atomic E-state index is 13.1. The zero-order valence-corrected chi connectivity index (χ0v) is 16.8. The summed E-state index contributed by atoms with van der Waals surface area (Å²) in [5.41, 5.74) is 3.18. The van der Waals surface area contributed by atoms with Crippen LogP contribution in [0.1, 0.15) is 27.8 Å². The van der Waals surface area contributed by atoms with Crippen molar-refractivity contribution in [1.82, 2.24) is 14.8 Å². The first-order valence-corrected chi connectivity index (χ1v) is 9.61. The third kappa shape index (κ3) is 4.79. The molecule has 0 spiro atoms. The fourth-order valence-corrected chi connectivity index (χ4v) is 3.74. The minimum absolute atomic E-state index is 0.00212. The van der Waals surface area contributed by atoms with Crippen LogP contribution in [0.4, 0.5) is 18.9 Å². The average Bonchev–Trinajstić information content (AvgIpc) is 3.04. The molecule has 1 amide bonds. The largest absolute Gasteiger partial charge is 0.451 e. The summed E-state index contributed by atoms with van der Waals surface area (Å²) >= 11 is 0.920. The average molecular weight is 420 g/mol. The third-order valence-corrected chi connectivity index (χ3v) is 5.59. The third-order valence-electron chi connectivity index (χ3n) is 4.30. The second kappa shape index (κ2) is 8.28. The molecule has 3 aromatic rings. The van der Waals surface area contributed by atoms with Crippen molar-refractivity contribution in [3.05, 3.63) is 71.0 Å². The molecule has 0 saturated carbocycles. The Labute approximate surface area is 170 Å². The lowest BCUT2D eigenvalue weighted by atomic mass is 10.1. The fourth-order valence-electron chi connectivity index (χ4n) is 2.74. The van der Waals surface area contributed by atoms with E-state index in [0.717, 1.165) is 27.5 Å². The number of carbonyl (C=O) groups excluding carboxylic acids is 1. The van der Waals surface area contributed by atoms with E-state index in [1.807, 2.05) is 32.0 Å². The molecular weight excluding hydrogens is 401 g/mol. The van der Waals surface area contributed by atoms with Crippen molar-refractivity contribution in [3.8, 4) is 0 Å². The van der Waals surface area contributed by atoms with Gasteiger partial charge in [0, 0.05) is 12.7 Å². The number of anilines is 1. The maximum atomic E-state index is 13.1. The Bertz CT molecular complexity index is 1020. The van der Waals surface area contributed by atoms with Gasteiger partial charge in [0.05, 0.1) is 0 Å². The molecule has 29 heavy (non-hydrogen) atoms. The Balaban J connectivity index is 1.93. The second-order valence-corrected chi connectivity index (χ2v) is 7.65. The molecule has 2 aromatic carbocycles. The van der Waals surface area contributed by atoms with Gasteiger partial charge in [0.1, 0.15) is 5.25 Å². The van der Waals surface area contributed by atoms with Crippen molar-refractivity contribution < 1.29 is 18.0 Å². The summed E-state index contributed by atoms with van der Waals surface area (Å²) in [6.07, 6.45) is -4.62. The van der Waals surface area contributed by atoms with Gasteiger partial charge in [0.2, 0.25) is 11.7 Å². The molecule has 0 radical (unpaired) electrons. The quantitative estimate of drug-likeness (QED) is 0.595. The van der Waals surface area contributed by atoms with Crippen LogP contribution in [0.2, 0.25) is 0 Å². The van der Waals surface area contributed by atoms with Gasteiger partial charge in [-0.3, -0.25) is 4.79 Å². The summed E-state index contributed by atoms with van der Waals surface area (Å²) < 4.78 is 40.0. The van der Waals surface area contributed by atoms with Crippen molar-refractivity contribution >= 4 is 23.4 Å². The predicted octanol–water partition coefficient (Wildman–Crippen LogP) is 4.92. The Morgan fingerprint density at radius 2 is 1.79 bits per heavy atom. The topological polar surface area (TPSA) is 59.8 Å². The summed E-state index contributed by atoms with van der Waals surface area (Å²) in [7, 11) is 1.23. The number of hydrogen-bond acceptors (Lipinski definition) is 4. The number of alkyl halides is 3.